The molecule has 1 unspecified atom stereocenters. The SMILES string of the molecule is CCCNc1cc(NCCC2CCCO2)nc(C(C)C)n1. The Bertz CT molecular complexity index is 430. The zero-order valence-corrected chi connectivity index (χ0v) is 13.5. The van der Waals surface area contributed by atoms with Gasteiger partial charge in [-0.25, -0.2) is 9.97 Å². The summed E-state index contributed by atoms with van der Waals surface area (Å²) in [6.45, 7) is 9.14. The summed E-state index contributed by atoms with van der Waals surface area (Å²) < 4.78 is 5.64. The van der Waals surface area contributed by atoms with E-state index in [4.69, 9.17) is 4.74 Å². The van der Waals surface area contributed by atoms with Gasteiger partial charge in [0.05, 0.1) is 6.10 Å². The molecule has 2 heterocycles. The van der Waals surface area contributed by atoms with E-state index in [9.17, 15) is 0 Å². The van der Waals surface area contributed by atoms with E-state index in [1.54, 1.807) is 0 Å². The third kappa shape index (κ3) is 5.16. The fraction of sp³-hybridized carbons (Fsp3) is 0.750. The highest BCUT2D eigenvalue weighted by Crippen LogP contribution is 2.18. The van der Waals surface area contributed by atoms with Crippen LogP contribution in [0.1, 0.15) is 58.2 Å². The van der Waals surface area contributed by atoms with Crippen molar-refractivity contribution in [2.24, 2.45) is 0 Å². The number of aromatic nitrogens is 2. The molecule has 0 aromatic carbocycles. The standard InChI is InChI=1S/C16H28N4O/c1-4-8-17-14-11-15(20-16(19-14)12(2)3)18-9-7-13-6-5-10-21-13/h11-13H,4-10H2,1-3H3,(H2,17,18,19,20). The molecule has 1 fully saturated rings. The van der Waals surface area contributed by atoms with E-state index in [-0.39, 0.29) is 0 Å². The van der Waals surface area contributed by atoms with E-state index in [1.807, 2.05) is 6.07 Å². The van der Waals surface area contributed by atoms with Gasteiger partial charge in [-0.05, 0) is 25.7 Å². The minimum atomic E-state index is 0.326. The Morgan fingerprint density at radius 3 is 2.52 bits per heavy atom. The van der Waals surface area contributed by atoms with Crippen molar-refractivity contribution in [1.82, 2.24) is 9.97 Å². The number of nitrogens with zero attached hydrogens (tertiary/aromatic N) is 2. The van der Waals surface area contributed by atoms with Crippen molar-refractivity contribution in [3.63, 3.8) is 0 Å². The minimum absolute atomic E-state index is 0.326. The molecular weight excluding hydrogens is 264 g/mol. The van der Waals surface area contributed by atoms with E-state index < -0.39 is 0 Å². The number of hydrogen-bond donors (Lipinski definition) is 2. The quantitative estimate of drug-likeness (QED) is 0.769. The number of rotatable bonds is 8. The third-order valence-corrected chi connectivity index (χ3v) is 3.61. The van der Waals surface area contributed by atoms with E-state index in [0.717, 1.165) is 50.0 Å². The monoisotopic (exact) mass is 292 g/mol. The molecule has 0 aliphatic carbocycles. The number of ether oxygens (including phenoxy) is 1. The Kier molecular flexibility index (Phi) is 6.23. The predicted molar refractivity (Wildman–Crippen MR) is 87.0 cm³/mol. The van der Waals surface area contributed by atoms with Gasteiger partial charge in [0.25, 0.3) is 0 Å². The topological polar surface area (TPSA) is 59.1 Å². The van der Waals surface area contributed by atoms with Gasteiger partial charge < -0.3 is 15.4 Å². The highest BCUT2D eigenvalue weighted by molar-refractivity contribution is 5.47. The van der Waals surface area contributed by atoms with Gasteiger partial charge in [0, 0.05) is 31.7 Å². The molecular formula is C16H28N4O. The lowest BCUT2D eigenvalue weighted by Gasteiger charge is -2.14. The molecule has 1 aromatic rings. The number of hydrogen-bond acceptors (Lipinski definition) is 5. The molecule has 2 N–H and O–H groups in total. The summed E-state index contributed by atoms with van der Waals surface area (Å²) in [7, 11) is 0. The van der Waals surface area contributed by atoms with Crippen LogP contribution in [-0.2, 0) is 4.74 Å². The largest absolute Gasteiger partial charge is 0.378 e. The van der Waals surface area contributed by atoms with E-state index >= 15 is 0 Å². The zero-order valence-electron chi connectivity index (χ0n) is 13.5. The summed E-state index contributed by atoms with van der Waals surface area (Å²) in [4.78, 5) is 9.17. The van der Waals surface area contributed by atoms with Crippen LogP contribution in [0.2, 0.25) is 0 Å². The van der Waals surface area contributed by atoms with Gasteiger partial charge in [-0.15, -0.1) is 0 Å². The highest BCUT2D eigenvalue weighted by atomic mass is 16.5. The van der Waals surface area contributed by atoms with Crippen LogP contribution >= 0.6 is 0 Å². The molecule has 1 atom stereocenters. The lowest BCUT2D eigenvalue weighted by atomic mass is 10.2. The second kappa shape index (κ2) is 8.17. The molecule has 1 aliphatic heterocycles. The highest BCUT2D eigenvalue weighted by Gasteiger charge is 2.15. The van der Waals surface area contributed by atoms with Crippen molar-refractivity contribution in [1.29, 1.82) is 0 Å². The van der Waals surface area contributed by atoms with E-state index in [2.05, 4.69) is 41.4 Å². The van der Waals surface area contributed by atoms with Gasteiger partial charge in [-0.1, -0.05) is 20.8 Å². The molecule has 0 amide bonds. The van der Waals surface area contributed by atoms with Crippen LogP contribution in [0.15, 0.2) is 6.07 Å². The maximum Gasteiger partial charge on any atom is 0.135 e. The lowest BCUT2D eigenvalue weighted by Crippen LogP contribution is -2.14. The van der Waals surface area contributed by atoms with Crippen LogP contribution in [0.4, 0.5) is 11.6 Å². The molecule has 1 saturated heterocycles. The molecule has 118 valence electrons. The Morgan fingerprint density at radius 2 is 1.95 bits per heavy atom. The minimum Gasteiger partial charge on any atom is -0.378 e. The second-order valence-corrected chi connectivity index (χ2v) is 5.93. The van der Waals surface area contributed by atoms with Gasteiger partial charge in [0.2, 0.25) is 0 Å². The van der Waals surface area contributed by atoms with Gasteiger partial charge in [0.15, 0.2) is 0 Å². The summed E-state index contributed by atoms with van der Waals surface area (Å²) in [6, 6.07) is 2.00. The smallest absolute Gasteiger partial charge is 0.135 e. The Hall–Kier alpha value is -1.36. The lowest BCUT2D eigenvalue weighted by molar-refractivity contribution is 0.107. The number of nitrogens with one attached hydrogen (secondary N) is 2. The van der Waals surface area contributed by atoms with Crippen LogP contribution in [0, 0.1) is 0 Å². The first-order valence-corrected chi connectivity index (χ1v) is 8.17. The van der Waals surface area contributed by atoms with Crippen LogP contribution in [0.25, 0.3) is 0 Å². The maximum atomic E-state index is 5.64. The van der Waals surface area contributed by atoms with E-state index in [0.29, 0.717) is 12.0 Å². The first kappa shape index (κ1) is 16.0. The zero-order chi connectivity index (χ0) is 15.1. The summed E-state index contributed by atoms with van der Waals surface area (Å²) in [5.74, 6) is 3.03. The molecule has 1 aliphatic rings. The predicted octanol–water partition coefficient (Wildman–Crippen LogP) is 3.40. The van der Waals surface area contributed by atoms with Crippen molar-refractivity contribution >= 4 is 11.6 Å². The fourth-order valence-corrected chi connectivity index (χ4v) is 2.39. The molecule has 0 bridgehead atoms. The van der Waals surface area contributed by atoms with Crippen LogP contribution in [-0.4, -0.2) is 35.8 Å². The van der Waals surface area contributed by atoms with Crippen LogP contribution < -0.4 is 10.6 Å². The average molecular weight is 292 g/mol. The molecule has 0 radical (unpaired) electrons. The summed E-state index contributed by atoms with van der Waals surface area (Å²) >= 11 is 0. The molecule has 0 spiro atoms. The van der Waals surface area contributed by atoms with Crippen molar-refractivity contribution < 1.29 is 4.74 Å². The van der Waals surface area contributed by atoms with Gasteiger partial charge >= 0.3 is 0 Å². The van der Waals surface area contributed by atoms with Crippen molar-refractivity contribution in [2.75, 3.05) is 30.3 Å². The van der Waals surface area contributed by atoms with E-state index in [1.165, 1.54) is 12.8 Å². The van der Waals surface area contributed by atoms with Gasteiger partial charge in [0.1, 0.15) is 17.5 Å². The Balaban J connectivity index is 1.93. The molecule has 5 nitrogen and oxygen atoms in total. The first-order valence-electron chi connectivity index (χ1n) is 8.17. The molecule has 0 saturated carbocycles. The average Bonchev–Trinajstić information content (AvgIpc) is 2.98. The maximum absolute atomic E-state index is 5.64. The van der Waals surface area contributed by atoms with Crippen molar-refractivity contribution in [2.45, 2.75) is 58.5 Å². The first-order chi connectivity index (χ1) is 10.2. The summed E-state index contributed by atoms with van der Waals surface area (Å²) in [6.07, 6.45) is 4.93. The number of anilines is 2. The van der Waals surface area contributed by atoms with Gasteiger partial charge in [-0.2, -0.15) is 0 Å². The summed E-state index contributed by atoms with van der Waals surface area (Å²) in [5.41, 5.74) is 0. The van der Waals surface area contributed by atoms with Gasteiger partial charge in [-0.3, -0.25) is 0 Å². The Morgan fingerprint density at radius 1 is 1.24 bits per heavy atom. The fourth-order valence-electron chi connectivity index (χ4n) is 2.39. The molecule has 21 heavy (non-hydrogen) atoms. The Labute approximate surface area is 127 Å². The third-order valence-electron chi connectivity index (χ3n) is 3.61. The van der Waals surface area contributed by atoms with Crippen LogP contribution in [0.3, 0.4) is 0 Å². The van der Waals surface area contributed by atoms with Crippen molar-refractivity contribution in [3.05, 3.63) is 11.9 Å². The normalized spacial score (nSPS) is 18.2. The molecule has 2 rings (SSSR count). The second-order valence-electron chi connectivity index (χ2n) is 5.93. The van der Waals surface area contributed by atoms with Crippen LogP contribution in [0.5, 0.6) is 0 Å². The van der Waals surface area contributed by atoms with Crippen molar-refractivity contribution in [3.8, 4) is 0 Å². The molecule has 1 aromatic heterocycles. The molecule has 5 heteroatoms. The summed E-state index contributed by atoms with van der Waals surface area (Å²) in [5, 5.41) is 6.76.